The van der Waals surface area contributed by atoms with E-state index in [1.165, 1.54) is 11.1 Å². The molecule has 0 saturated carbocycles. The molecule has 1 aliphatic heterocycles. The van der Waals surface area contributed by atoms with Gasteiger partial charge in [0.25, 0.3) is 0 Å². The summed E-state index contributed by atoms with van der Waals surface area (Å²) in [7, 11) is 0. The predicted molar refractivity (Wildman–Crippen MR) is 54.5 cm³/mol. The zero-order valence-electron chi connectivity index (χ0n) is 7.72. The van der Waals surface area contributed by atoms with E-state index in [0.717, 1.165) is 25.2 Å². The Labute approximate surface area is 83.7 Å². The molecule has 1 aromatic rings. The molecule has 0 saturated heterocycles. The second-order valence-corrected chi connectivity index (χ2v) is 3.87. The van der Waals surface area contributed by atoms with Crippen LogP contribution in [0.5, 0.6) is 5.75 Å². The summed E-state index contributed by atoms with van der Waals surface area (Å²) in [6.07, 6.45) is 2.00. The fourth-order valence-corrected chi connectivity index (χ4v) is 1.75. The van der Waals surface area contributed by atoms with E-state index in [0.29, 0.717) is 0 Å². The minimum Gasteiger partial charge on any atom is -0.493 e. The molecular formula is C11H13ClO. The minimum atomic E-state index is 0.120. The van der Waals surface area contributed by atoms with E-state index in [9.17, 15) is 0 Å². The Bertz CT molecular complexity index is 309. The average Bonchev–Trinajstić information content (AvgIpc) is 2.63. The molecular weight excluding hydrogens is 184 g/mol. The van der Waals surface area contributed by atoms with Crippen LogP contribution in [-0.2, 0) is 6.42 Å². The van der Waals surface area contributed by atoms with Crippen molar-refractivity contribution >= 4 is 11.6 Å². The van der Waals surface area contributed by atoms with Gasteiger partial charge >= 0.3 is 0 Å². The molecule has 1 atom stereocenters. The van der Waals surface area contributed by atoms with Gasteiger partial charge in [-0.25, -0.2) is 0 Å². The summed E-state index contributed by atoms with van der Waals surface area (Å²) >= 11 is 6.14. The van der Waals surface area contributed by atoms with E-state index >= 15 is 0 Å². The predicted octanol–water partition coefficient (Wildman–Crippen LogP) is 3.31. The first-order valence-electron chi connectivity index (χ1n) is 4.71. The van der Waals surface area contributed by atoms with E-state index in [2.05, 4.69) is 25.1 Å². The maximum absolute atomic E-state index is 6.14. The first-order valence-corrected chi connectivity index (χ1v) is 5.14. The first kappa shape index (κ1) is 8.89. The Balaban J connectivity index is 2.30. The Kier molecular flexibility index (Phi) is 2.45. The zero-order chi connectivity index (χ0) is 9.26. The molecule has 0 radical (unpaired) electrons. The average molecular weight is 197 g/mol. The molecule has 1 nitrogen and oxygen atoms in total. The molecule has 1 aromatic carbocycles. The fraction of sp³-hybridized carbons (Fsp3) is 0.455. The van der Waals surface area contributed by atoms with Crippen molar-refractivity contribution in [2.75, 3.05) is 6.61 Å². The van der Waals surface area contributed by atoms with Crippen molar-refractivity contribution in [1.29, 1.82) is 0 Å². The number of benzene rings is 1. The van der Waals surface area contributed by atoms with Crippen LogP contribution in [-0.4, -0.2) is 6.61 Å². The van der Waals surface area contributed by atoms with Gasteiger partial charge in [-0.15, -0.1) is 11.6 Å². The number of alkyl halides is 1. The van der Waals surface area contributed by atoms with Gasteiger partial charge in [-0.05, 0) is 23.6 Å². The maximum Gasteiger partial charge on any atom is 0.122 e. The topological polar surface area (TPSA) is 9.23 Å². The van der Waals surface area contributed by atoms with Gasteiger partial charge in [0, 0.05) is 6.42 Å². The van der Waals surface area contributed by atoms with Crippen molar-refractivity contribution in [2.45, 2.75) is 25.1 Å². The Hall–Kier alpha value is -0.690. The van der Waals surface area contributed by atoms with Crippen LogP contribution < -0.4 is 4.74 Å². The normalized spacial score (nSPS) is 16.5. The Morgan fingerprint density at radius 3 is 3.15 bits per heavy atom. The van der Waals surface area contributed by atoms with Gasteiger partial charge in [-0.2, -0.15) is 0 Å². The Morgan fingerprint density at radius 1 is 1.54 bits per heavy atom. The highest BCUT2D eigenvalue weighted by Crippen LogP contribution is 2.31. The molecule has 0 fully saturated rings. The van der Waals surface area contributed by atoms with Crippen molar-refractivity contribution in [3.8, 4) is 5.75 Å². The number of hydrogen-bond donors (Lipinski definition) is 0. The number of ether oxygens (including phenoxy) is 1. The highest BCUT2D eigenvalue weighted by Gasteiger charge is 2.14. The quantitative estimate of drug-likeness (QED) is 0.660. The summed E-state index contributed by atoms with van der Waals surface area (Å²) in [6.45, 7) is 2.91. The van der Waals surface area contributed by atoms with E-state index < -0.39 is 0 Å². The number of fused-ring (bicyclic) bond motifs is 1. The molecule has 1 aliphatic rings. The highest BCUT2D eigenvalue weighted by molar-refractivity contribution is 6.20. The summed E-state index contributed by atoms with van der Waals surface area (Å²) < 4.78 is 5.48. The van der Waals surface area contributed by atoms with Gasteiger partial charge < -0.3 is 4.74 Å². The van der Waals surface area contributed by atoms with Crippen LogP contribution in [0.15, 0.2) is 18.2 Å². The molecule has 2 heteroatoms. The summed E-state index contributed by atoms with van der Waals surface area (Å²) in [4.78, 5) is 0. The highest BCUT2D eigenvalue weighted by atomic mass is 35.5. The van der Waals surface area contributed by atoms with E-state index in [1.54, 1.807) is 0 Å². The molecule has 0 aliphatic carbocycles. The molecule has 0 aromatic heterocycles. The lowest BCUT2D eigenvalue weighted by Gasteiger charge is -2.08. The molecule has 1 heterocycles. The van der Waals surface area contributed by atoms with Crippen molar-refractivity contribution in [1.82, 2.24) is 0 Å². The molecule has 1 unspecified atom stereocenters. The summed E-state index contributed by atoms with van der Waals surface area (Å²) in [5.41, 5.74) is 2.48. The molecule has 0 amide bonds. The number of rotatable bonds is 2. The molecule has 0 spiro atoms. The second kappa shape index (κ2) is 3.59. The lowest BCUT2D eigenvalue weighted by atomic mass is 10.1. The van der Waals surface area contributed by atoms with Crippen molar-refractivity contribution < 1.29 is 4.74 Å². The van der Waals surface area contributed by atoms with Crippen LogP contribution in [0.3, 0.4) is 0 Å². The van der Waals surface area contributed by atoms with Crippen molar-refractivity contribution in [3.63, 3.8) is 0 Å². The molecule has 70 valence electrons. The third-order valence-electron chi connectivity index (χ3n) is 2.44. The van der Waals surface area contributed by atoms with Gasteiger partial charge in [0.05, 0.1) is 12.0 Å². The first-order chi connectivity index (χ1) is 6.31. The van der Waals surface area contributed by atoms with Crippen LogP contribution in [0, 0.1) is 0 Å². The fourth-order valence-electron chi connectivity index (χ4n) is 1.61. The van der Waals surface area contributed by atoms with E-state index in [-0.39, 0.29) is 5.38 Å². The van der Waals surface area contributed by atoms with Crippen LogP contribution in [0.4, 0.5) is 0 Å². The monoisotopic (exact) mass is 196 g/mol. The van der Waals surface area contributed by atoms with Crippen LogP contribution in [0.2, 0.25) is 0 Å². The van der Waals surface area contributed by atoms with Crippen molar-refractivity contribution in [3.05, 3.63) is 29.3 Å². The lowest BCUT2D eigenvalue weighted by molar-refractivity contribution is 0.356. The zero-order valence-corrected chi connectivity index (χ0v) is 8.47. The molecule has 2 rings (SSSR count). The summed E-state index contributed by atoms with van der Waals surface area (Å²) in [5.74, 6) is 1.02. The largest absolute Gasteiger partial charge is 0.493 e. The van der Waals surface area contributed by atoms with Gasteiger partial charge in [0.1, 0.15) is 5.75 Å². The standard InChI is InChI=1S/C11H13ClO/c1-2-10(12)9-4-3-8-5-6-13-11(8)7-9/h3-4,7,10H,2,5-6H2,1H3. The summed E-state index contributed by atoms with van der Waals surface area (Å²) in [6, 6.07) is 6.31. The van der Waals surface area contributed by atoms with Gasteiger partial charge in [-0.1, -0.05) is 19.1 Å². The van der Waals surface area contributed by atoms with E-state index in [4.69, 9.17) is 16.3 Å². The SMILES string of the molecule is CCC(Cl)c1ccc2c(c1)OCC2. The van der Waals surface area contributed by atoms with Crippen LogP contribution in [0.1, 0.15) is 29.8 Å². The second-order valence-electron chi connectivity index (χ2n) is 3.34. The third-order valence-corrected chi connectivity index (χ3v) is 3.00. The van der Waals surface area contributed by atoms with Crippen molar-refractivity contribution in [2.24, 2.45) is 0 Å². The smallest absolute Gasteiger partial charge is 0.122 e. The molecule has 0 N–H and O–H groups in total. The van der Waals surface area contributed by atoms with E-state index in [1.807, 2.05) is 0 Å². The third kappa shape index (κ3) is 1.66. The molecule has 0 bridgehead atoms. The van der Waals surface area contributed by atoms with Crippen LogP contribution >= 0.6 is 11.6 Å². The van der Waals surface area contributed by atoms with Crippen LogP contribution in [0.25, 0.3) is 0 Å². The number of halogens is 1. The summed E-state index contributed by atoms with van der Waals surface area (Å²) in [5, 5.41) is 0.120. The van der Waals surface area contributed by atoms with Gasteiger partial charge in [0.2, 0.25) is 0 Å². The van der Waals surface area contributed by atoms with Gasteiger partial charge in [-0.3, -0.25) is 0 Å². The lowest BCUT2D eigenvalue weighted by Crippen LogP contribution is -1.89. The Morgan fingerprint density at radius 2 is 2.38 bits per heavy atom. The van der Waals surface area contributed by atoms with Gasteiger partial charge in [0.15, 0.2) is 0 Å². The minimum absolute atomic E-state index is 0.120. The maximum atomic E-state index is 6.14. The molecule has 13 heavy (non-hydrogen) atoms. The number of hydrogen-bond acceptors (Lipinski definition) is 1.